The van der Waals surface area contributed by atoms with Gasteiger partial charge in [-0.3, -0.25) is 4.79 Å². The van der Waals surface area contributed by atoms with Crippen molar-refractivity contribution >= 4 is 5.91 Å². The zero-order chi connectivity index (χ0) is 12.8. The van der Waals surface area contributed by atoms with Crippen LogP contribution in [0, 0.1) is 12.7 Å². The topological polar surface area (TPSA) is 55.1 Å². The molecule has 3 nitrogen and oxygen atoms in total. The molecule has 0 spiro atoms. The van der Waals surface area contributed by atoms with Crippen molar-refractivity contribution in [3.63, 3.8) is 0 Å². The molecule has 1 atom stereocenters. The predicted molar refractivity (Wildman–Crippen MR) is 65.9 cm³/mol. The minimum atomic E-state index is -0.225. The molecule has 1 amide bonds. The lowest BCUT2D eigenvalue weighted by Crippen LogP contribution is -2.25. The summed E-state index contributed by atoms with van der Waals surface area (Å²) >= 11 is 0. The van der Waals surface area contributed by atoms with Crippen molar-refractivity contribution in [2.45, 2.75) is 39.3 Å². The number of hydrogen-bond acceptors (Lipinski definition) is 2. The van der Waals surface area contributed by atoms with E-state index in [1.807, 2.05) is 6.92 Å². The number of benzene rings is 1. The second-order valence-electron chi connectivity index (χ2n) is 4.38. The van der Waals surface area contributed by atoms with E-state index in [0.717, 1.165) is 5.56 Å². The number of aryl methyl sites for hydroxylation is 1. The van der Waals surface area contributed by atoms with Crippen LogP contribution in [0.4, 0.5) is 4.39 Å². The number of hydrogen-bond donors (Lipinski definition) is 2. The maximum absolute atomic E-state index is 13.0. The van der Waals surface area contributed by atoms with Gasteiger partial charge in [-0.1, -0.05) is 12.1 Å². The van der Waals surface area contributed by atoms with E-state index in [1.165, 1.54) is 6.07 Å². The van der Waals surface area contributed by atoms with Crippen LogP contribution in [0.25, 0.3) is 0 Å². The van der Waals surface area contributed by atoms with E-state index in [1.54, 1.807) is 19.1 Å². The van der Waals surface area contributed by atoms with Crippen LogP contribution in [-0.2, 0) is 11.3 Å². The summed E-state index contributed by atoms with van der Waals surface area (Å²) in [4.78, 5) is 11.4. The lowest BCUT2D eigenvalue weighted by molar-refractivity contribution is -0.121. The van der Waals surface area contributed by atoms with Gasteiger partial charge in [-0.25, -0.2) is 4.39 Å². The Bertz CT molecular complexity index is 391. The minimum absolute atomic E-state index is 0.0238. The summed E-state index contributed by atoms with van der Waals surface area (Å²) in [6.07, 6.45) is 1.10. The molecule has 3 N–H and O–H groups in total. The van der Waals surface area contributed by atoms with Gasteiger partial charge in [-0.05, 0) is 37.5 Å². The largest absolute Gasteiger partial charge is 0.352 e. The third-order valence-electron chi connectivity index (χ3n) is 2.54. The number of nitrogens with two attached hydrogens (primary N) is 1. The van der Waals surface area contributed by atoms with Gasteiger partial charge >= 0.3 is 0 Å². The molecule has 0 aromatic heterocycles. The number of halogens is 1. The van der Waals surface area contributed by atoms with Crippen molar-refractivity contribution in [1.82, 2.24) is 5.32 Å². The van der Waals surface area contributed by atoms with Gasteiger partial charge in [0.1, 0.15) is 5.82 Å². The average molecular weight is 238 g/mol. The Kier molecular flexibility index (Phi) is 5.10. The summed E-state index contributed by atoms with van der Waals surface area (Å²) in [5.41, 5.74) is 7.05. The molecular formula is C13H19FN2O. The molecule has 0 saturated carbocycles. The first kappa shape index (κ1) is 13.6. The molecule has 0 fully saturated rings. The highest BCUT2D eigenvalue weighted by atomic mass is 19.1. The van der Waals surface area contributed by atoms with Crippen LogP contribution in [0.5, 0.6) is 0 Å². The van der Waals surface area contributed by atoms with Gasteiger partial charge < -0.3 is 11.1 Å². The Morgan fingerprint density at radius 1 is 1.53 bits per heavy atom. The average Bonchev–Trinajstić information content (AvgIpc) is 2.28. The lowest BCUT2D eigenvalue weighted by atomic mass is 10.1. The van der Waals surface area contributed by atoms with Crippen molar-refractivity contribution < 1.29 is 9.18 Å². The predicted octanol–water partition coefficient (Wildman–Crippen LogP) is 1.88. The van der Waals surface area contributed by atoms with Gasteiger partial charge in [0.05, 0.1) is 0 Å². The number of carbonyl (C=O) groups is 1. The summed E-state index contributed by atoms with van der Waals surface area (Å²) in [5.74, 6) is -0.249. The standard InChI is InChI=1S/C13H19FN2O/c1-9-7-11(4-5-12(9)14)8-16-13(17)6-3-10(2)15/h4-5,7,10H,3,6,8,15H2,1-2H3,(H,16,17). The zero-order valence-corrected chi connectivity index (χ0v) is 10.3. The first-order chi connectivity index (χ1) is 7.99. The van der Waals surface area contributed by atoms with E-state index >= 15 is 0 Å². The monoisotopic (exact) mass is 238 g/mol. The maximum Gasteiger partial charge on any atom is 0.220 e. The highest BCUT2D eigenvalue weighted by Crippen LogP contribution is 2.09. The molecule has 0 radical (unpaired) electrons. The van der Waals surface area contributed by atoms with Crippen LogP contribution in [0.3, 0.4) is 0 Å². The third-order valence-corrected chi connectivity index (χ3v) is 2.54. The molecule has 94 valence electrons. The molecule has 0 heterocycles. The van der Waals surface area contributed by atoms with Crippen molar-refractivity contribution in [2.75, 3.05) is 0 Å². The Labute approximate surface area is 101 Å². The van der Waals surface area contributed by atoms with Gasteiger partial charge in [-0.2, -0.15) is 0 Å². The van der Waals surface area contributed by atoms with Crippen LogP contribution in [0.15, 0.2) is 18.2 Å². The van der Waals surface area contributed by atoms with Crippen molar-refractivity contribution in [3.05, 3.63) is 35.1 Å². The SMILES string of the molecule is Cc1cc(CNC(=O)CCC(C)N)ccc1F. The maximum atomic E-state index is 13.0. The number of carbonyl (C=O) groups excluding carboxylic acids is 1. The van der Waals surface area contributed by atoms with E-state index in [0.29, 0.717) is 24.9 Å². The minimum Gasteiger partial charge on any atom is -0.352 e. The zero-order valence-electron chi connectivity index (χ0n) is 10.3. The molecule has 0 saturated heterocycles. The lowest BCUT2D eigenvalue weighted by Gasteiger charge is -2.07. The van der Waals surface area contributed by atoms with Gasteiger partial charge in [0.15, 0.2) is 0 Å². The molecule has 0 aliphatic carbocycles. The summed E-state index contributed by atoms with van der Waals surface area (Å²) in [7, 11) is 0. The van der Waals surface area contributed by atoms with Crippen molar-refractivity contribution in [2.24, 2.45) is 5.73 Å². The van der Waals surface area contributed by atoms with Gasteiger partial charge in [0, 0.05) is 19.0 Å². The quantitative estimate of drug-likeness (QED) is 0.823. The Balaban J connectivity index is 2.39. The Morgan fingerprint density at radius 3 is 2.82 bits per heavy atom. The second kappa shape index (κ2) is 6.35. The van der Waals surface area contributed by atoms with E-state index in [2.05, 4.69) is 5.32 Å². The number of amides is 1. The molecule has 1 aromatic carbocycles. The molecule has 1 unspecified atom stereocenters. The molecule has 0 aliphatic heterocycles. The van der Waals surface area contributed by atoms with Gasteiger partial charge in [0.2, 0.25) is 5.91 Å². The highest BCUT2D eigenvalue weighted by molar-refractivity contribution is 5.75. The second-order valence-corrected chi connectivity index (χ2v) is 4.38. The number of rotatable bonds is 5. The summed E-state index contributed by atoms with van der Waals surface area (Å²) < 4.78 is 13.0. The van der Waals surface area contributed by atoms with Gasteiger partial charge in [0.25, 0.3) is 0 Å². The molecular weight excluding hydrogens is 219 g/mol. The first-order valence-corrected chi connectivity index (χ1v) is 5.76. The molecule has 4 heteroatoms. The van der Waals surface area contributed by atoms with Gasteiger partial charge in [-0.15, -0.1) is 0 Å². The fraction of sp³-hybridized carbons (Fsp3) is 0.462. The van der Waals surface area contributed by atoms with E-state index in [9.17, 15) is 9.18 Å². The van der Waals surface area contributed by atoms with Crippen LogP contribution in [0.2, 0.25) is 0 Å². The third kappa shape index (κ3) is 4.95. The Morgan fingerprint density at radius 2 is 2.24 bits per heavy atom. The number of nitrogens with one attached hydrogen (secondary N) is 1. The summed E-state index contributed by atoms with van der Waals surface area (Å²) in [5, 5.41) is 2.78. The van der Waals surface area contributed by atoms with E-state index in [-0.39, 0.29) is 17.8 Å². The van der Waals surface area contributed by atoms with Crippen LogP contribution in [0.1, 0.15) is 30.9 Å². The van der Waals surface area contributed by atoms with Crippen molar-refractivity contribution in [1.29, 1.82) is 0 Å². The van der Waals surface area contributed by atoms with Crippen LogP contribution in [-0.4, -0.2) is 11.9 Å². The smallest absolute Gasteiger partial charge is 0.220 e. The van der Waals surface area contributed by atoms with Crippen LogP contribution < -0.4 is 11.1 Å². The molecule has 0 aliphatic rings. The molecule has 0 bridgehead atoms. The van der Waals surface area contributed by atoms with E-state index < -0.39 is 0 Å². The highest BCUT2D eigenvalue weighted by Gasteiger charge is 2.04. The van der Waals surface area contributed by atoms with Crippen molar-refractivity contribution in [3.8, 4) is 0 Å². The fourth-order valence-corrected chi connectivity index (χ4v) is 1.46. The summed E-state index contributed by atoms with van der Waals surface area (Å²) in [6.45, 7) is 4.01. The Hall–Kier alpha value is -1.42. The molecule has 1 rings (SSSR count). The molecule has 17 heavy (non-hydrogen) atoms. The normalized spacial score (nSPS) is 12.2. The van der Waals surface area contributed by atoms with Crippen LogP contribution >= 0.6 is 0 Å². The first-order valence-electron chi connectivity index (χ1n) is 5.76. The fourth-order valence-electron chi connectivity index (χ4n) is 1.46. The molecule has 1 aromatic rings. The summed E-state index contributed by atoms with van der Waals surface area (Å²) in [6, 6.07) is 4.86. The van der Waals surface area contributed by atoms with E-state index in [4.69, 9.17) is 5.73 Å².